The van der Waals surface area contributed by atoms with Gasteiger partial charge in [-0.05, 0) is 31.7 Å². The normalized spacial score (nSPS) is 17.4. The van der Waals surface area contributed by atoms with Crippen LogP contribution in [0.5, 0.6) is 0 Å². The Labute approximate surface area is 101 Å². The third-order valence-corrected chi connectivity index (χ3v) is 3.86. The van der Waals surface area contributed by atoms with Crippen LogP contribution in [0.3, 0.4) is 0 Å². The van der Waals surface area contributed by atoms with E-state index in [1.54, 1.807) is 0 Å². The van der Waals surface area contributed by atoms with Gasteiger partial charge in [-0.2, -0.15) is 0 Å². The summed E-state index contributed by atoms with van der Waals surface area (Å²) in [6.45, 7) is 10.1. The highest BCUT2D eigenvalue weighted by Crippen LogP contribution is 2.12. The van der Waals surface area contributed by atoms with E-state index in [0.29, 0.717) is 12.0 Å². The molecule has 0 aliphatic carbocycles. The van der Waals surface area contributed by atoms with Crippen LogP contribution in [-0.2, 0) is 0 Å². The molecule has 0 spiro atoms. The molecule has 0 rings (SSSR count). The zero-order chi connectivity index (χ0) is 11.7. The first-order chi connectivity index (χ1) is 7.15. The minimum Gasteiger partial charge on any atom is -0.314 e. The molecule has 3 unspecified atom stereocenters. The monoisotopic (exact) mass is 233 g/mol. The van der Waals surface area contributed by atoms with Crippen molar-refractivity contribution in [1.82, 2.24) is 5.32 Å². The van der Waals surface area contributed by atoms with Crippen molar-refractivity contribution in [2.24, 2.45) is 11.8 Å². The molecule has 0 amide bonds. The molecule has 0 aromatic heterocycles. The number of hydrogen-bond donors (Lipinski definition) is 1. The van der Waals surface area contributed by atoms with E-state index in [1.807, 2.05) is 0 Å². The van der Waals surface area contributed by atoms with Gasteiger partial charge in [0.15, 0.2) is 0 Å². The van der Waals surface area contributed by atoms with Crippen LogP contribution >= 0.6 is 11.6 Å². The Morgan fingerprint density at radius 2 is 1.87 bits per heavy atom. The molecule has 3 atom stereocenters. The number of rotatable bonds is 9. The Balaban J connectivity index is 3.69. The molecule has 0 aliphatic rings. The summed E-state index contributed by atoms with van der Waals surface area (Å²) in [5.74, 6) is 2.16. The fourth-order valence-electron chi connectivity index (χ4n) is 1.63. The highest BCUT2D eigenvalue weighted by atomic mass is 35.5. The van der Waals surface area contributed by atoms with Gasteiger partial charge in [0.25, 0.3) is 0 Å². The highest BCUT2D eigenvalue weighted by molar-refractivity contribution is 6.18. The Morgan fingerprint density at radius 3 is 2.33 bits per heavy atom. The molecule has 0 aromatic carbocycles. The van der Waals surface area contributed by atoms with Gasteiger partial charge < -0.3 is 5.32 Å². The first kappa shape index (κ1) is 15.2. The van der Waals surface area contributed by atoms with Crippen LogP contribution in [0.4, 0.5) is 0 Å². The molecule has 0 aromatic rings. The number of halogens is 1. The summed E-state index contributed by atoms with van der Waals surface area (Å²) in [5.41, 5.74) is 0. The smallest absolute Gasteiger partial charge is 0.0263 e. The van der Waals surface area contributed by atoms with Gasteiger partial charge in [-0.25, -0.2) is 0 Å². The topological polar surface area (TPSA) is 12.0 Å². The van der Waals surface area contributed by atoms with Crippen molar-refractivity contribution < 1.29 is 0 Å². The zero-order valence-corrected chi connectivity index (χ0v) is 11.6. The molecule has 0 bridgehead atoms. The van der Waals surface area contributed by atoms with Crippen LogP contribution in [0, 0.1) is 11.8 Å². The van der Waals surface area contributed by atoms with Crippen LogP contribution < -0.4 is 5.32 Å². The van der Waals surface area contributed by atoms with Gasteiger partial charge >= 0.3 is 0 Å². The molecule has 1 nitrogen and oxygen atoms in total. The number of hydrogen-bond acceptors (Lipinski definition) is 1. The first-order valence-electron chi connectivity index (χ1n) is 6.44. The van der Waals surface area contributed by atoms with Gasteiger partial charge in [0.2, 0.25) is 0 Å². The van der Waals surface area contributed by atoms with E-state index >= 15 is 0 Å². The van der Waals surface area contributed by atoms with Crippen molar-refractivity contribution in [3.8, 4) is 0 Å². The van der Waals surface area contributed by atoms with E-state index in [0.717, 1.165) is 18.3 Å². The molecule has 0 saturated carbocycles. The van der Waals surface area contributed by atoms with E-state index in [9.17, 15) is 0 Å². The van der Waals surface area contributed by atoms with Gasteiger partial charge in [-0.1, -0.05) is 40.0 Å². The summed E-state index contributed by atoms with van der Waals surface area (Å²) >= 11 is 5.84. The highest BCUT2D eigenvalue weighted by Gasteiger charge is 2.12. The maximum absolute atomic E-state index is 5.84. The number of unbranched alkanes of at least 4 members (excludes halogenated alkanes) is 1. The Hall–Kier alpha value is 0.250. The third-order valence-electron chi connectivity index (χ3n) is 3.37. The summed E-state index contributed by atoms with van der Waals surface area (Å²) in [5, 5.41) is 3.61. The zero-order valence-electron chi connectivity index (χ0n) is 10.9. The van der Waals surface area contributed by atoms with Crippen molar-refractivity contribution in [2.45, 2.75) is 59.4 Å². The lowest BCUT2D eigenvalue weighted by molar-refractivity contribution is 0.359. The van der Waals surface area contributed by atoms with E-state index in [4.69, 9.17) is 11.6 Å². The first-order valence-corrected chi connectivity index (χ1v) is 6.98. The fraction of sp³-hybridized carbons (Fsp3) is 1.00. The maximum Gasteiger partial charge on any atom is 0.0263 e. The van der Waals surface area contributed by atoms with E-state index < -0.39 is 0 Å². The Bertz CT molecular complexity index is 138. The Morgan fingerprint density at radius 1 is 1.20 bits per heavy atom. The average molecular weight is 234 g/mol. The summed E-state index contributed by atoms with van der Waals surface area (Å²) < 4.78 is 0. The second-order valence-corrected chi connectivity index (χ2v) is 5.05. The minimum absolute atomic E-state index is 0.540. The quantitative estimate of drug-likeness (QED) is 0.593. The summed E-state index contributed by atoms with van der Waals surface area (Å²) in [6.07, 6.45) is 5.32. The second kappa shape index (κ2) is 9.47. The minimum atomic E-state index is 0.540. The predicted octanol–water partition coefficient (Wildman–Crippen LogP) is 4.06. The van der Waals surface area contributed by atoms with Gasteiger partial charge in [-0.3, -0.25) is 0 Å². The van der Waals surface area contributed by atoms with E-state index in [2.05, 4.69) is 33.0 Å². The van der Waals surface area contributed by atoms with Crippen molar-refractivity contribution >= 4 is 11.6 Å². The molecular weight excluding hydrogens is 206 g/mol. The molecule has 0 heterocycles. The largest absolute Gasteiger partial charge is 0.314 e. The molecule has 0 radical (unpaired) electrons. The summed E-state index contributed by atoms with van der Waals surface area (Å²) in [6, 6.07) is 0.540. The third kappa shape index (κ3) is 7.19. The van der Waals surface area contributed by atoms with Crippen molar-refractivity contribution in [3.05, 3.63) is 0 Å². The lowest BCUT2D eigenvalue weighted by Crippen LogP contribution is -2.36. The van der Waals surface area contributed by atoms with Gasteiger partial charge in [0, 0.05) is 11.9 Å². The van der Waals surface area contributed by atoms with Crippen LogP contribution in [-0.4, -0.2) is 18.5 Å². The molecule has 92 valence electrons. The standard InChI is InChI=1S/C13H28ClN/c1-5-7-8-13(6-2)10-15-12(4)11(3)9-14/h11-13,15H,5-10H2,1-4H3. The number of alkyl halides is 1. The SMILES string of the molecule is CCCCC(CC)CNC(C)C(C)CCl. The lowest BCUT2D eigenvalue weighted by Gasteiger charge is -2.23. The second-order valence-electron chi connectivity index (χ2n) is 4.75. The van der Waals surface area contributed by atoms with Crippen LogP contribution in [0.25, 0.3) is 0 Å². The lowest BCUT2D eigenvalue weighted by atomic mass is 9.98. The molecule has 15 heavy (non-hydrogen) atoms. The number of nitrogens with one attached hydrogen (secondary N) is 1. The summed E-state index contributed by atoms with van der Waals surface area (Å²) in [4.78, 5) is 0. The van der Waals surface area contributed by atoms with Crippen molar-refractivity contribution in [2.75, 3.05) is 12.4 Å². The van der Waals surface area contributed by atoms with E-state index in [1.165, 1.54) is 25.7 Å². The predicted molar refractivity (Wildman–Crippen MR) is 70.7 cm³/mol. The maximum atomic E-state index is 5.84. The molecule has 0 fully saturated rings. The van der Waals surface area contributed by atoms with Crippen LogP contribution in [0.15, 0.2) is 0 Å². The van der Waals surface area contributed by atoms with Crippen molar-refractivity contribution in [3.63, 3.8) is 0 Å². The average Bonchev–Trinajstić information content (AvgIpc) is 2.27. The van der Waals surface area contributed by atoms with Crippen LogP contribution in [0.1, 0.15) is 53.4 Å². The van der Waals surface area contributed by atoms with Gasteiger partial charge in [-0.15, -0.1) is 11.6 Å². The fourth-order valence-corrected chi connectivity index (χ4v) is 1.90. The Kier molecular flexibility index (Phi) is 9.63. The molecular formula is C13H28ClN. The molecule has 1 N–H and O–H groups in total. The van der Waals surface area contributed by atoms with Crippen molar-refractivity contribution in [1.29, 1.82) is 0 Å². The molecule has 0 saturated heterocycles. The summed E-state index contributed by atoms with van der Waals surface area (Å²) in [7, 11) is 0. The molecule has 0 aliphatic heterocycles. The van der Waals surface area contributed by atoms with Gasteiger partial charge in [0.05, 0.1) is 0 Å². The van der Waals surface area contributed by atoms with Gasteiger partial charge in [0.1, 0.15) is 0 Å². The molecule has 2 heteroatoms. The van der Waals surface area contributed by atoms with Crippen LogP contribution in [0.2, 0.25) is 0 Å². The van der Waals surface area contributed by atoms with E-state index in [-0.39, 0.29) is 0 Å².